The molecule has 2 rings (SSSR count). The second-order valence-electron chi connectivity index (χ2n) is 4.45. The summed E-state index contributed by atoms with van der Waals surface area (Å²) in [6, 6.07) is 12.7. The van der Waals surface area contributed by atoms with Gasteiger partial charge in [0.25, 0.3) is 0 Å². The highest BCUT2D eigenvalue weighted by atomic mass is 16.3. The smallest absolute Gasteiger partial charge is 0.127 e. The zero-order valence-electron chi connectivity index (χ0n) is 10.0. The standard InChI is InChI=1S/C15H16O2/c1-10(2)11-6-8-12(9-7-11)15-13(16)4-3-5-14(15)17/h3-10,16-17H,1-2H3. The average Bonchev–Trinajstić information content (AvgIpc) is 2.29. The molecule has 0 fully saturated rings. The SMILES string of the molecule is CC(C)c1ccc(-c2c(O)cccc2O)cc1. The molecule has 2 aromatic carbocycles. The Morgan fingerprint density at radius 1 is 0.824 bits per heavy atom. The lowest BCUT2D eigenvalue weighted by Gasteiger charge is -2.09. The van der Waals surface area contributed by atoms with Gasteiger partial charge in [0.15, 0.2) is 0 Å². The van der Waals surface area contributed by atoms with E-state index in [0.29, 0.717) is 11.5 Å². The minimum atomic E-state index is 0.0993. The van der Waals surface area contributed by atoms with Crippen LogP contribution in [0, 0.1) is 0 Å². The third kappa shape index (κ3) is 2.26. The molecule has 0 amide bonds. The van der Waals surface area contributed by atoms with E-state index in [1.165, 1.54) is 5.56 Å². The first-order valence-electron chi connectivity index (χ1n) is 5.71. The van der Waals surface area contributed by atoms with Gasteiger partial charge >= 0.3 is 0 Å². The van der Waals surface area contributed by atoms with Gasteiger partial charge in [-0.25, -0.2) is 0 Å². The van der Waals surface area contributed by atoms with E-state index in [1.54, 1.807) is 18.2 Å². The summed E-state index contributed by atoms with van der Waals surface area (Å²) in [7, 11) is 0. The van der Waals surface area contributed by atoms with E-state index in [2.05, 4.69) is 13.8 Å². The molecule has 0 aliphatic heterocycles. The Morgan fingerprint density at radius 3 is 1.82 bits per heavy atom. The predicted molar refractivity (Wildman–Crippen MR) is 69.3 cm³/mol. The Bertz CT molecular complexity index is 493. The molecule has 0 aliphatic rings. The second-order valence-corrected chi connectivity index (χ2v) is 4.45. The summed E-state index contributed by atoms with van der Waals surface area (Å²) in [5, 5.41) is 19.5. The lowest BCUT2D eigenvalue weighted by atomic mass is 9.98. The van der Waals surface area contributed by atoms with Crippen LogP contribution in [0.1, 0.15) is 25.3 Å². The Labute approximate surface area is 101 Å². The highest BCUT2D eigenvalue weighted by Crippen LogP contribution is 2.37. The molecular weight excluding hydrogens is 212 g/mol. The Balaban J connectivity index is 2.47. The van der Waals surface area contributed by atoms with Crippen molar-refractivity contribution < 1.29 is 10.2 Å². The van der Waals surface area contributed by atoms with Crippen molar-refractivity contribution in [2.45, 2.75) is 19.8 Å². The first kappa shape index (κ1) is 11.5. The van der Waals surface area contributed by atoms with Crippen molar-refractivity contribution in [3.8, 4) is 22.6 Å². The van der Waals surface area contributed by atoms with Crippen molar-refractivity contribution >= 4 is 0 Å². The topological polar surface area (TPSA) is 40.5 Å². The fraction of sp³-hybridized carbons (Fsp3) is 0.200. The van der Waals surface area contributed by atoms with Gasteiger partial charge in [0.2, 0.25) is 0 Å². The maximum absolute atomic E-state index is 9.76. The van der Waals surface area contributed by atoms with Crippen LogP contribution in [0.2, 0.25) is 0 Å². The first-order chi connectivity index (χ1) is 8.09. The van der Waals surface area contributed by atoms with Gasteiger partial charge in [-0.15, -0.1) is 0 Å². The van der Waals surface area contributed by atoms with Crippen molar-refractivity contribution in [2.24, 2.45) is 0 Å². The van der Waals surface area contributed by atoms with Gasteiger partial charge in [-0.3, -0.25) is 0 Å². The molecule has 2 heteroatoms. The zero-order valence-corrected chi connectivity index (χ0v) is 10.0. The summed E-state index contributed by atoms with van der Waals surface area (Å²) in [6.45, 7) is 4.26. The van der Waals surface area contributed by atoms with Crippen LogP contribution < -0.4 is 0 Å². The van der Waals surface area contributed by atoms with Crippen LogP contribution >= 0.6 is 0 Å². The normalized spacial score (nSPS) is 10.8. The van der Waals surface area contributed by atoms with Gasteiger partial charge in [0.05, 0.1) is 5.56 Å². The maximum Gasteiger partial charge on any atom is 0.127 e. The van der Waals surface area contributed by atoms with Gasteiger partial charge < -0.3 is 10.2 Å². The Morgan fingerprint density at radius 2 is 1.35 bits per heavy atom. The first-order valence-corrected chi connectivity index (χ1v) is 5.71. The van der Waals surface area contributed by atoms with Gasteiger partial charge in [0.1, 0.15) is 11.5 Å². The van der Waals surface area contributed by atoms with E-state index < -0.39 is 0 Å². The monoisotopic (exact) mass is 228 g/mol. The third-order valence-corrected chi connectivity index (χ3v) is 2.89. The number of hydrogen-bond donors (Lipinski definition) is 2. The predicted octanol–water partition coefficient (Wildman–Crippen LogP) is 3.89. The summed E-state index contributed by atoms with van der Waals surface area (Å²) in [5.41, 5.74) is 2.55. The van der Waals surface area contributed by atoms with E-state index in [9.17, 15) is 10.2 Å². The highest BCUT2D eigenvalue weighted by Gasteiger charge is 2.09. The van der Waals surface area contributed by atoms with E-state index in [1.807, 2.05) is 24.3 Å². The molecule has 0 aliphatic carbocycles. The molecule has 0 saturated heterocycles. The molecular formula is C15H16O2. The average molecular weight is 228 g/mol. The molecule has 0 radical (unpaired) electrons. The summed E-state index contributed by atoms with van der Waals surface area (Å²) in [6.07, 6.45) is 0. The summed E-state index contributed by atoms with van der Waals surface area (Å²) in [4.78, 5) is 0. The van der Waals surface area contributed by atoms with Crippen LogP contribution in [0.4, 0.5) is 0 Å². The van der Waals surface area contributed by atoms with Crippen molar-refractivity contribution in [3.63, 3.8) is 0 Å². The van der Waals surface area contributed by atoms with Crippen LogP contribution in [0.3, 0.4) is 0 Å². The molecule has 0 atom stereocenters. The second kappa shape index (κ2) is 4.50. The lowest BCUT2D eigenvalue weighted by Crippen LogP contribution is -1.87. The van der Waals surface area contributed by atoms with Gasteiger partial charge in [-0.1, -0.05) is 44.2 Å². The number of aromatic hydroxyl groups is 2. The number of phenols is 2. The molecule has 2 aromatic rings. The molecule has 0 unspecified atom stereocenters. The summed E-state index contributed by atoms with van der Waals surface area (Å²) in [5.74, 6) is 0.673. The van der Waals surface area contributed by atoms with Crippen LogP contribution in [0.15, 0.2) is 42.5 Å². The molecule has 2 nitrogen and oxygen atoms in total. The van der Waals surface area contributed by atoms with E-state index in [-0.39, 0.29) is 11.5 Å². The molecule has 0 spiro atoms. The molecule has 0 bridgehead atoms. The van der Waals surface area contributed by atoms with Crippen LogP contribution in [-0.4, -0.2) is 10.2 Å². The number of rotatable bonds is 2. The minimum Gasteiger partial charge on any atom is -0.507 e. The lowest BCUT2D eigenvalue weighted by molar-refractivity contribution is 0.454. The molecule has 0 heterocycles. The fourth-order valence-electron chi connectivity index (χ4n) is 1.86. The molecule has 2 N–H and O–H groups in total. The van der Waals surface area contributed by atoms with Gasteiger partial charge in [-0.05, 0) is 29.2 Å². The number of benzene rings is 2. The third-order valence-electron chi connectivity index (χ3n) is 2.89. The molecule has 0 aromatic heterocycles. The van der Waals surface area contributed by atoms with Crippen LogP contribution in [0.25, 0.3) is 11.1 Å². The van der Waals surface area contributed by atoms with Crippen molar-refractivity contribution in [3.05, 3.63) is 48.0 Å². The highest BCUT2D eigenvalue weighted by molar-refractivity contribution is 5.76. The quantitative estimate of drug-likeness (QED) is 0.818. The van der Waals surface area contributed by atoms with Crippen LogP contribution in [-0.2, 0) is 0 Å². The minimum absolute atomic E-state index is 0.0993. The fourth-order valence-corrected chi connectivity index (χ4v) is 1.86. The number of hydrogen-bond acceptors (Lipinski definition) is 2. The van der Waals surface area contributed by atoms with Crippen LogP contribution in [0.5, 0.6) is 11.5 Å². The molecule has 88 valence electrons. The summed E-state index contributed by atoms with van der Waals surface area (Å²) < 4.78 is 0. The van der Waals surface area contributed by atoms with E-state index in [4.69, 9.17) is 0 Å². The van der Waals surface area contributed by atoms with Crippen molar-refractivity contribution in [2.75, 3.05) is 0 Å². The maximum atomic E-state index is 9.76. The summed E-state index contributed by atoms with van der Waals surface area (Å²) >= 11 is 0. The molecule has 0 saturated carbocycles. The number of phenolic OH excluding ortho intramolecular Hbond substituents is 2. The van der Waals surface area contributed by atoms with E-state index >= 15 is 0 Å². The Kier molecular flexibility index (Phi) is 3.05. The zero-order chi connectivity index (χ0) is 12.4. The van der Waals surface area contributed by atoms with Gasteiger partial charge in [0, 0.05) is 0 Å². The van der Waals surface area contributed by atoms with Crippen molar-refractivity contribution in [1.82, 2.24) is 0 Å². The largest absolute Gasteiger partial charge is 0.507 e. The molecule has 17 heavy (non-hydrogen) atoms. The Hall–Kier alpha value is -1.96. The van der Waals surface area contributed by atoms with Crippen molar-refractivity contribution in [1.29, 1.82) is 0 Å². The van der Waals surface area contributed by atoms with E-state index in [0.717, 1.165) is 5.56 Å². The van der Waals surface area contributed by atoms with Gasteiger partial charge in [-0.2, -0.15) is 0 Å².